The maximum absolute atomic E-state index is 11.3. The van der Waals surface area contributed by atoms with Gasteiger partial charge in [0.2, 0.25) is 11.8 Å². The Labute approximate surface area is 146 Å². The second-order valence-corrected chi connectivity index (χ2v) is 7.70. The van der Waals surface area contributed by atoms with Crippen LogP contribution in [-0.2, 0) is 29.3 Å². The van der Waals surface area contributed by atoms with Gasteiger partial charge in [0.05, 0.1) is 6.17 Å². The number of carbonyl (C=O) groups excluding carboxylic acids is 2. The number of sulfone groups is 2. The predicted octanol–water partition coefficient (Wildman–Crippen LogP) is -1.97. The SMILES string of the molecule is C=CS(=O)(=O)CC(=O)NC(C)NC(=O)CS(=O)(=O)C=C.[NaH]. The van der Waals surface area contributed by atoms with E-state index in [9.17, 15) is 26.4 Å². The van der Waals surface area contributed by atoms with Gasteiger partial charge in [-0.3, -0.25) is 9.59 Å². The molecule has 2 N–H and O–H groups in total. The molecule has 21 heavy (non-hydrogen) atoms. The van der Waals surface area contributed by atoms with E-state index in [4.69, 9.17) is 0 Å². The molecular weight excluding hydrogens is 331 g/mol. The van der Waals surface area contributed by atoms with Gasteiger partial charge in [0.25, 0.3) is 0 Å². The van der Waals surface area contributed by atoms with Gasteiger partial charge in [0.15, 0.2) is 19.7 Å². The molecule has 8 nitrogen and oxygen atoms in total. The van der Waals surface area contributed by atoms with Crippen molar-refractivity contribution in [3.63, 3.8) is 0 Å². The van der Waals surface area contributed by atoms with E-state index in [1.165, 1.54) is 6.92 Å². The molecule has 116 valence electrons. The normalized spacial score (nSPS) is 11.1. The van der Waals surface area contributed by atoms with Gasteiger partial charge in [-0.2, -0.15) is 0 Å². The van der Waals surface area contributed by atoms with E-state index >= 15 is 0 Å². The van der Waals surface area contributed by atoms with Crippen LogP contribution in [0.1, 0.15) is 6.92 Å². The Kier molecular flexibility index (Phi) is 10.1. The summed E-state index contributed by atoms with van der Waals surface area (Å²) < 4.78 is 44.3. The first-order chi connectivity index (χ1) is 9.01. The average molecular weight is 348 g/mol. The van der Waals surface area contributed by atoms with Crippen LogP contribution < -0.4 is 10.6 Å². The molecule has 0 spiro atoms. The first-order valence-corrected chi connectivity index (χ1v) is 8.73. The van der Waals surface area contributed by atoms with Gasteiger partial charge < -0.3 is 10.6 Å². The van der Waals surface area contributed by atoms with Gasteiger partial charge in [-0.15, -0.1) is 0 Å². The van der Waals surface area contributed by atoms with Crippen LogP contribution in [0.3, 0.4) is 0 Å². The Hall–Kier alpha value is -0.680. The van der Waals surface area contributed by atoms with E-state index in [1.807, 2.05) is 0 Å². The molecular formula is C10H17N2NaO6S2. The van der Waals surface area contributed by atoms with Crippen molar-refractivity contribution in [2.75, 3.05) is 11.5 Å². The average Bonchev–Trinajstić information content (AvgIpc) is 2.26. The third-order valence-electron chi connectivity index (χ3n) is 1.93. The molecule has 0 fully saturated rings. The molecule has 0 aliphatic carbocycles. The third-order valence-corrected chi connectivity index (χ3v) is 4.27. The predicted molar refractivity (Wildman–Crippen MR) is 80.9 cm³/mol. The minimum absolute atomic E-state index is 0. The van der Waals surface area contributed by atoms with Crippen molar-refractivity contribution in [1.29, 1.82) is 0 Å². The van der Waals surface area contributed by atoms with Crippen LogP contribution in [0.4, 0.5) is 0 Å². The standard InChI is InChI=1S/C10H16N2O6S2.Na.H/c1-4-19(15,16)6-9(13)11-8(3)12-10(14)7-20(17,18)5-2;;/h4-5,8H,1-2,6-7H2,3H3,(H,11,13)(H,12,14);;. The Morgan fingerprint density at radius 3 is 1.48 bits per heavy atom. The summed E-state index contributed by atoms with van der Waals surface area (Å²) in [6.07, 6.45) is -0.921. The molecule has 0 aromatic heterocycles. The van der Waals surface area contributed by atoms with Crippen LogP contribution in [0.5, 0.6) is 0 Å². The molecule has 0 saturated carbocycles. The number of amides is 2. The Morgan fingerprint density at radius 1 is 0.952 bits per heavy atom. The summed E-state index contributed by atoms with van der Waals surface area (Å²) in [7, 11) is -7.39. The summed E-state index contributed by atoms with van der Waals surface area (Å²) >= 11 is 0. The molecule has 0 atom stereocenters. The summed E-state index contributed by atoms with van der Waals surface area (Å²) in [6.45, 7) is 7.46. The van der Waals surface area contributed by atoms with Crippen LogP contribution in [0.2, 0.25) is 0 Å². The summed E-state index contributed by atoms with van der Waals surface area (Å²) in [5.74, 6) is -3.29. The van der Waals surface area contributed by atoms with Crippen LogP contribution in [0, 0.1) is 0 Å². The van der Waals surface area contributed by atoms with Crippen molar-refractivity contribution in [1.82, 2.24) is 10.6 Å². The second kappa shape index (κ2) is 9.36. The van der Waals surface area contributed by atoms with Crippen LogP contribution >= 0.6 is 0 Å². The van der Waals surface area contributed by atoms with Gasteiger partial charge >= 0.3 is 29.6 Å². The molecule has 0 radical (unpaired) electrons. The van der Waals surface area contributed by atoms with E-state index in [-0.39, 0.29) is 29.6 Å². The number of hydrogen-bond donors (Lipinski definition) is 2. The Bertz CT molecular complexity index is 557. The van der Waals surface area contributed by atoms with E-state index in [0.29, 0.717) is 10.8 Å². The van der Waals surface area contributed by atoms with Gasteiger partial charge in [0, 0.05) is 10.8 Å². The molecule has 0 saturated heterocycles. The molecule has 0 aliphatic heterocycles. The molecule has 0 aromatic rings. The van der Waals surface area contributed by atoms with E-state index < -0.39 is 49.2 Å². The van der Waals surface area contributed by atoms with E-state index in [0.717, 1.165) is 0 Å². The van der Waals surface area contributed by atoms with Crippen LogP contribution in [0.15, 0.2) is 24.0 Å². The van der Waals surface area contributed by atoms with Crippen LogP contribution in [-0.4, -0.2) is 75.9 Å². The van der Waals surface area contributed by atoms with Gasteiger partial charge in [-0.25, -0.2) is 16.8 Å². The summed E-state index contributed by atoms with van der Waals surface area (Å²) in [5.41, 5.74) is 0. The zero-order chi connectivity index (χ0) is 16.0. The van der Waals surface area contributed by atoms with Crippen LogP contribution in [0.25, 0.3) is 0 Å². The molecule has 0 rings (SSSR count). The molecule has 11 heteroatoms. The van der Waals surface area contributed by atoms with Crippen molar-refractivity contribution < 1.29 is 26.4 Å². The first kappa shape index (κ1) is 22.6. The zero-order valence-electron chi connectivity index (χ0n) is 10.8. The third kappa shape index (κ3) is 10.7. The number of hydrogen-bond acceptors (Lipinski definition) is 6. The Balaban J connectivity index is 0. The monoisotopic (exact) mass is 348 g/mol. The van der Waals surface area contributed by atoms with Gasteiger partial charge in [0.1, 0.15) is 11.5 Å². The quantitative estimate of drug-likeness (QED) is 0.387. The molecule has 0 bridgehead atoms. The summed E-state index contributed by atoms with van der Waals surface area (Å²) in [6, 6.07) is 0. The van der Waals surface area contributed by atoms with Crippen molar-refractivity contribution >= 4 is 61.0 Å². The van der Waals surface area contributed by atoms with E-state index in [1.54, 1.807) is 0 Å². The second-order valence-electron chi connectivity index (χ2n) is 3.80. The summed E-state index contributed by atoms with van der Waals surface area (Å²) in [5, 5.41) is 5.66. The van der Waals surface area contributed by atoms with Gasteiger partial charge in [-0.1, -0.05) is 13.2 Å². The van der Waals surface area contributed by atoms with Crippen molar-refractivity contribution in [3.05, 3.63) is 24.0 Å². The number of carbonyl (C=O) groups is 2. The summed E-state index contributed by atoms with van der Waals surface area (Å²) in [4.78, 5) is 22.7. The fraction of sp³-hybridized carbons (Fsp3) is 0.400. The topological polar surface area (TPSA) is 126 Å². The molecule has 0 heterocycles. The molecule has 2 amide bonds. The number of nitrogens with one attached hydrogen (secondary N) is 2. The van der Waals surface area contributed by atoms with Gasteiger partial charge in [-0.05, 0) is 6.92 Å². The van der Waals surface area contributed by atoms with Crippen molar-refractivity contribution in [2.45, 2.75) is 13.1 Å². The Morgan fingerprint density at radius 2 is 1.24 bits per heavy atom. The molecule has 0 unspecified atom stereocenters. The fourth-order valence-corrected chi connectivity index (χ4v) is 2.22. The zero-order valence-corrected chi connectivity index (χ0v) is 12.5. The minimum atomic E-state index is -3.70. The molecule has 0 aromatic carbocycles. The van der Waals surface area contributed by atoms with Crippen molar-refractivity contribution in [2.24, 2.45) is 0 Å². The maximum atomic E-state index is 11.3. The van der Waals surface area contributed by atoms with E-state index in [2.05, 4.69) is 23.8 Å². The molecule has 0 aliphatic rings. The fourth-order valence-electron chi connectivity index (χ4n) is 1.09. The number of rotatable bonds is 8. The van der Waals surface area contributed by atoms with Crippen molar-refractivity contribution in [3.8, 4) is 0 Å². The first-order valence-electron chi connectivity index (χ1n) is 5.30.